The Balaban J connectivity index is 2.62. The summed E-state index contributed by atoms with van der Waals surface area (Å²) in [5, 5.41) is 23.0. The topological polar surface area (TPSA) is 65.4 Å². The molecule has 0 fully saturated rings. The fraction of sp³-hybridized carbons (Fsp3) is 0.700. The average molecular weight is 230 g/mol. The van der Waals surface area contributed by atoms with Crippen molar-refractivity contribution in [2.75, 3.05) is 13.6 Å². The first-order valence-electron chi connectivity index (χ1n) is 5.01. The Morgan fingerprint density at radius 3 is 2.53 bits per heavy atom. The molecule has 0 bridgehead atoms. The lowest BCUT2D eigenvalue weighted by Crippen LogP contribution is -2.23. The third-order valence-electron chi connectivity index (χ3n) is 2.35. The van der Waals surface area contributed by atoms with Gasteiger partial charge in [0.1, 0.15) is 11.1 Å². The molecule has 1 rings (SSSR count). The minimum Gasteiger partial charge on any atom is -0.390 e. The zero-order chi connectivity index (χ0) is 11.4. The highest BCUT2D eigenvalue weighted by atomic mass is 32.1. The average Bonchev–Trinajstić information content (AvgIpc) is 2.54. The number of aryl methyl sites for hydroxylation is 2. The van der Waals surface area contributed by atoms with Crippen molar-refractivity contribution in [2.45, 2.75) is 32.5 Å². The number of thiazole rings is 1. The van der Waals surface area contributed by atoms with Crippen molar-refractivity contribution < 1.29 is 10.2 Å². The molecule has 0 spiro atoms. The zero-order valence-electron chi connectivity index (χ0n) is 9.32. The third kappa shape index (κ3) is 3.24. The molecule has 2 atom stereocenters. The summed E-state index contributed by atoms with van der Waals surface area (Å²) in [6, 6.07) is 0. The fourth-order valence-corrected chi connectivity index (χ4v) is 2.21. The van der Waals surface area contributed by atoms with Crippen LogP contribution in [0.3, 0.4) is 0 Å². The van der Waals surface area contributed by atoms with Crippen LogP contribution in [0, 0.1) is 13.8 Å². The van der Waals surface area contributed by atoms with Crippen molar-refractivity contribution >= 4 is 11.3 Å². The van der Waals surface area contributed by atoms with Gasteiger partial charge in [-0.2, -0.15) is 0 Å². The molecule has 1 aromatic heterocycles. The van der Waals surface area contributed by atoms with E-state index in [-0.39, 0.29) is 0 Å². The SMILES string of the molecule is CNCCC(O)C(O)c1nc(C)c(C)s1. The van der Waals surface area contributed by atoms with Gasteiger partial charge >= 0.3 is 0 Å². The monoisotopic (exact) mass is 230 g/mol. The van der Waals surface area contributed by atoms with E-state index in [0.717, 1.165) is 10.6 Å². The van der Waals surface area contributed by atoms with Crippen molar-refractivity contribution in [3.63, 3.8) is 0 Å². The van der Waals surface area contributed by atoms with E-state index in [1.54, 1.807) is 0 Å². The molecule has 0 saturated carbocycles. The molecule has 15 heavy (non-hydrogen) atoms. The number of nitrogens with zero attached hydrogens (tertiary/aromatic N) is 1. The van der Waals surface area contributed by atoms with Crippen LogP contribution >= 0.6 is 11.3 Å². The Hall–Kier alpha value is -0.490. The molecular weight excluding hydrogens is 212 g/mol. The van der Waals surface area contributed by atoms with Crippen LogP contribution in [-0.4, -0.2) is 34.9 Å². The number of nitrogens with one attached hydrogen (secondary N) is 1. The maximum atomic E-state index is 9.82. The number of rotatable bonds is 5. The molecule has 0 aliphatic rings. The Labute approximate surface area is 94.0 Å². The molecule has 4 nitrogen and oxygen atoms in total. The summed E-state index contributed by atoms with van der Waals surface area (Å²) in [6.45, 7) is 4.55. The van der Waals surface area contributed by atoms with Crippen molar-refractivity contribution in [1.29, 1.82) is 0 Å². The minimum atomic E-state index is -0.865. The largest absolute Gasteiger partial charge is 0.390 e. The Morgan fingerprint density at radius 2 is 2.07 bits per heavy atom. The number of aliphatic hydroxyl groups excluding tert-OH is 2. The molecule has 86 valence electrons. The molecular formula is C10H18N2O2S. The van der Waals surface area contributed by atoms with E-state index in [1.807, 2.05) is 20.9 Å². The first-order chi connectivity index (χ1) is 7.06. The summed E-state index contributed by atoms with van der Waals surface area (Å²) >= 11 is 1.44. The van der Waals surface area contributed by atoms with E-state index in [2.05, 4.69) is 10.3 Å². The summed E-state index contributed by atoms with van der Waals surface area (Å²) in [6.07, 6.45) is -1.09. The predicted molar refractivity (Wildman–Crippen MR) is 61.1 cm³/mol. The van der Waals surface area contributed by atoms with Gasteiger partial charge in [-0.05, 0) is 33.9 Å². The van der Waals surface area contributed by atoms with Crippen LogP contribution in [0.5, 0.6) is 0 Å². The van der Waals surface area contributed by atoms with Crippen molar-refractivity contribution in [2.24, 2.45) is 0 Å². The van der Waals surface area contributed by atoms with Crippen molar-refractivity contribution in [3.8, 4) is 0 Å². The van der Waals surface area contributed by atoms with Gasteiger partial charge in [-0.15, -0.1) is 11.3 Å². The molecule has 0 saturated heterocycles. The minimum absolute atomic E-state index is 0.523. The Bertz CT molecular complexity index is 295. The van der Waals surface area contributed by atoms with Crippen molar-refractivity contribution in [1.82, 2.24) is 10.3 Å². The van der Waals surface area contributed by atoms with Crippen molar-refractivity contribution in [3.05, 3.63) is 15.6 Å². The number of hydrogen-bond donors (Lipinski definition) is 3. The Kier molecular flexibility index (Phi) is 4.66. The van der Waals surface area contributed by atoms with Crippen LogP contribution < -0.4 is 5.32 Å². The van der Waals surface area contributed by atoms with E-state index >= 15 is 0 Å². The highest BCUT2D eigenvalue weighted by Gasteiger charge is 2.21. The summed E-state index contributed by atoms with van der Waals surface area (Å²) in [5.41, 5.74) is 0.926. The zero-order valence-corrected chi connectivity index (χ0v) is 10.1. The third-order valence-corrected chi connectivity index (χ3v) is 3.50. The molecule has 0 aliphatic carbocycles. The Morgan fingerprint density at radius 1 is 1.40 bits per heavy atom. The maximum absolute atomic E-state index is 9.82. The second-order valence-corrected chi connectivity index (χ2v) is 4.83. The summed E-state index contributed by atoms with van der Waals surface area (Å²) in [5.74, 6) is 0. The second-order valence-electron chi connectivity index (χ2n) is 3.60. The number of hydrogen-bond acceptors (Lipinski definition) is 5. The first-order valence-corrected chi connectivity index (χ1v) is 5.82. The first kappa shape index (κ1) is 12.6. The summed E-state index contributed by atoms with van der Waals surface area (Å²) in [4.78, 5) is 5.32. The van der Waals surface area contributed by atoms with Crippen LogP contribution in [0.2, 0.25) is 0 Å². The van der Waals surface area contributed by atoms with E-state index in [4.69, 9.17) is 0 Å². The maximum Gasteiger partial charge on any atom is 0.131 e. The van der Waals surface area contributed by atoms with Gasteiger partial charge in [0.25, 0.3) is 0 Å². The van der Waals surface area contributed by atoms with E-state index in [9.17, 15) is 10.2 Å². The van der Waals surface area contributed by atoms with Gasteiger partial charge in [0.15, 0.2) is 0 Å². The predicted octanol–water partition coefficient (Wildman–Crippen LogP) is 0.764. The van der Waals surface area contributed by atoms with Crippen LogP contribution in [0.15, 0.2) is 0 Å². The summed E-state index contributed by atoms with van der Waals surface area (Å²) in [7, 11) is 1.82. The van der Waals surface area contributed by atoms with Gasteiger partial charge in [0, 0.05) is 4.88 Å². The van der Waals surface area contributed by atoms with Gasteiger partial charge in [-0.1, -0.05) is 0 Å². The van der Waals surface area contributed by atoms with E-state index in [1.165, 1.54) is 11.3 Å². The van der Waals surface area contributed by atoms with Crippen LogP contribution in [0.25, 0.3) is 0 Å². The fourth-order valence-electron chi connectivity index (χ4n) is 1.24. The highest BCUT2D eigenvalue weighted by molar-refractivity contribution is 7.11. The molecule has 0 aromatic carbocycles. The quantitative estimate of drug-likeness (QED) is 0.699. The summed E-state index contributed by atoms with van der Waals surface area (Å²) < 4.78 is 0. The molecule has 0 aliphatic heterocycles. The number of aliphatic hydroxyl groups is 2. The highest BCUT2D eigenvalue weighted by Crippen LogP contribution is 2.25. The lowest BCUT2D eigenvalue weighted by molar-refractivity contribution is 0.0138. The van der Waals surface area contributed by atoms with Crippen LogP contribution in [0.4, 0.5) is 0 Å². The smallest absolute Gasteiger partial charge is 0.131 e. The van der Waals surface area contributed by atoms with Gasteiger partial charge in [0.2, 0.25) is 0 Å². The standard InChI is InChI=1S/C10H18N2O2S/c1-6-7(2)15-10(12-6)9(14)8(13)4-5-11-3/h8-9,11,13-14H,4-5H2,1-3H3. The van der Waals surface area contributed by atoms with Gasteiger partial charge < -0.3 is 15.5 Å². The second kappa shape index (κ2) is 5.55. The van der Waals surface area contributed by atoms with E-state index in [0.29, 0.717) is 18.0 Å². The lowest BCUT2D eigenvalue weighted by atomic mass is 10.1. The van der Waals surface area contributed by atoms with Crippen LogP contribution in [-0.2, 0) is 0 Å². The molecule has 0 radical (unpaired) electrons. The molecule has 3 N–H and O–H groups in total. The van der Waals surface area contributed by atoms with Gasteiger partial charge in [-0.3, -0.25) is 0 Å². The molecule has 1 heterocycles. The molecule has 2 unspecified atom stereocenters. The molecule has 1 aromatic rings. The molecule has 5 heteroatoms. The van der Waals surface area contributed by atoms with Gasteiger partial charge in [0.05, 0.1) is 11.8 Å². The van der Waals surface area contributed by atoms with E-state index < -0.39 is 12.2 Å². The van der Waals surface area contributed by atoms with Crippen LogP contribution in [0.1, 0.15) is 28.1 Å². The molecule has 0 amide bonds. The van der Waals surface area contributed by atoms with Gasteiger partial charge in [-0.25, -0.2) is 4.98 Å². The number of aromatic nitrogens is 1. The lowest BCUT2D eigenvalue weighted by Gasteiger charge is -2.15. The normalized spacial score (nSPS) is 15.3.